The van der Waals surface area contributed by atoms with Crippen molar-refractivity contribution in [1.82, 2.24) is 9.97 Å². The maximum absolute atomic E-state index is 13.3. The number of hydrogen-bond acceptors (Lipinski definition) is 6. The molecule has 0 aromatic carbocycles. The minimum Gasteiger partial charge on any atom is -0.392 e. The predicted molar refractivity (Wildman–Crippen MR) is 67.3 cm³/mol. The number of nitrogens with one attached hydrogen (secondary N) is 1. The lowest BCUT2D eigenvalue weighted by Crippen LogP contribution is -2.46. The average molecular weight is 319 g/mol. The largest absolute Gasteiger partial charge is 0.397 e. The van der Waals surface area contributed by atoms with E-state index in [1.54, 1.807) is 0 Å². The third kappa shape index (κ3) is 2.43. The second-order valence-electron chi connectivity index (χ2n) is 4.79. The molecular formula is C12H12F3N3O4. The molecule has 2 heterocycles. The highest BCUT2D eigenvalue weighted by Gasteiger charge is 2.63. The van der Waals surface area contributed by atoms with Crippen molar-refractivity contribution >= 4 is 5.82 Å². The van der Waals surface area contributed by atoms with Gasteiger partial charge < -0.3 is 25.7 Å². The first-order valence-electron chi connectivity index (χ1n) is 6.02. The molecular weight excluding hydrogens is 307 g/mol. The summed E-state index contributed by atoms with van der Waals surface area (Å²) in [5.41, 5.74) is 2.08. The predicted octanol–water partition coefficient (Wildman–Crippen LogP) is -0.673. The van der Waals surface area contributed by atoms with E-state index in [9.17, 15) is 28.2 Å². The van der Waals surface area contributed by atoms with Gasteiger partial charge in [-0.1, -0.05) is 5.92 Å². The Bertz CT molecular complexity index is 669. The Morgan fingerprint density at radius 3 is 2.68 bits per heavy atom. The highest BCUT2D eigenvalue weighted by molar-refractivity contribution is 5.40. The average Bonchev–Trinajstić information content (AvgIpc) is 2.72. The smallest absolute Gasteiger partial charge is 0.392 e. The molecule has 22 heavy (non-hydrogen) atoms. The fourth-order valence-corrected chi connectivity index (χ4v) is 2.38. The second kappa shape index (κ2) is 5.28. The number of aromatic nitrogens is 2. The molecule has 0 spiro atoms. The van der Waals surface area contributed by atoms with Crippen LogP contribution in [-0.4, -0.2) is 44.7 Å². The van der Waals surface area contributed by atoms with Crippen molar-refractivity contribution in [2.24, 2.45) is 5.92 Å². The van der Waals surface area contributed by atoms with Crippen LogP contribution in [0.5, 0.6) is 0 Å². The molecule has 1 aromatic rings. The first-order chi connectivity index (χ1) is 10.2. The molecule has 7 nitrogen and oxygen atoms in total. The first-order valence-corrected chi connectivity index (χ1v) is 6.02. The number of terminal acetylenes is 1. The SMILES string of the molecule is C#C[C@]1(CO)O[C@@H](c2c[nH]c(=O)nc2N)[C@@H](C(F)(F)F)[C@@H]1O. The van der Waals surface area contributed by atoms with Crippen LogP contribution in [0.15, 0.2) is 11.0 Å². The zero-order valence-electron chi connectivity index (χ0n) is 11.0. The molecule has 0 aliphatic carbocycles. The molecule has 0 bridgehead atoms. The van der Waals surface area contributed by atoms with Crippen molar-refractivity contribution in [3.8, 4) is 12.3 Å². The number of nitrogens with two attached hydrogens (primary N) is 1. The van der Waals surface area contributed by atoms with Crippen LogP contribution >= 0.6 is 0 Å². The van der Waals surface area contributed by atoms with Crippen LogP contribution in [0.1, 0.15) is 11.7 Å². The number of aromatic amines is 1. The van der Waals surface area contributed by atoms with E-state index in [1.165, 1.54) is 0 Å². The number of aliphatic hydroxyl groups is 2. The molecule has 10 heteroatoms. The summed E-state index contributed by atoms with van der Waals surface area (Å²) < 4.78 is 44.9. The Labute approximate surface area is 121 Å². The highest BCUT2D eigenvalue weighted by Crippen LogP contribution is 2.51. The van der Waals surface area contributed by atoms with E-state index in [1.807, 2.05) is 5.92 Å². The van der Waals surface area contributed by atoms with Crippen molar-refractivity contribution in [1.29, 1.82) is 0 Å². The number of rotatable bonds is 2. The van der Waals surface area contributed by atoms with Gasteiger partial charge in [0, 0.05) is 11.8 Å². The van der Waals surface area contributed by atoms with Crippen LogP contribution in [0.2, 0.25) is 0 Å². The summed E-state index contributed by atoms with van der Waals surface area (Å²) in [5, 5.41) is 19.2. The summed E-state index contributed by atoms with van der Waals surface area (Å²) in [5.74, 6) is -1.07. The monoisotopic (exact) mass is 319 g/mol. The van der Waals surface area contributed by atoms with Gasteiger partial charge in [-0.3, -0.25) is 0 Å². The van der Waals surface area contributed by atoms with Crippen molar-refractivity contribution in [2.45, 2.75) is 24.0 Å². The lowest BCUT2D eigenvalue weighted by molar-refractivity contribution is -0.203. The molecule has 1 aliphatic heterocycles. The fourth-order valence-electron chi connectivity index (χ4n) is 2.38. The van der Waals surface area contributed by atoms with Crippen LogP contribution in [0, 0.1) is 18.3 Å². The van der Waals surface area contributed by atoms with Gasteiger partial charge in [-0.25, -0.2) is 4.79 Å². The zero-order valence-corrected chi connectivity index (χ0v) is 11.0. The number of H-pyrrole nitrogens is 1. The number of hydrogen-bond donors (Lipinski definition) is 4. The summed E-state index contributed by atoms with van der Waals surface area (Å²) in [4.78, 5) is 16.4. The van der Waals surface area contributed by atoms with Crippen molar-refractivity contribution < 1.29 is 28.1 Å². The van der Waals surface area contributed by atoms with E-state index in [0.717, 1.165) is 6.20 Å². The molecule has 1 saturated heterocycles. The molecule has 4 atom stereocenters. The Kier molecular flexibility index (Phi) is 3.90. The van der Waals surface area contributed by atoms with E-state index < -0.39 is 48.0 Å². The topological polar surface area (TPSA) is 121 Å². The van der Waals surface area contributed by atoms with Crippen molar-refractivity contribution in [2.75, 3.05) is 12.3 Å². The Balaban J connectivity index is 2.57. The lowest BCUT2D eigenvalue weighted by Gasteiger charge is -2.25. The van der Waals surface area contributed by atoms with Crippen molar-refractivity contribution in [3.05, 3.63) is 22.2 Å². The van der Waals surface area contributed by atoms with Crippen molar-refractivity contribution in [3.63, 3.8) is 0 Å². The van der Waals surface area contributed by atoms with E-state index in [0.29, 0.717) is 0 Å². The molecule has 1 aliphatic rings. The molecule has 1 fully saturated rings. The second-order valence-corrected chi connectivity index (χ2v) is 4.79. The standard InChI is InChI=1S/C12H12F3N3O4/c1-2-11(4-19)8(20)6(12(13,14)15)7(22-11)5-3-17-10(21)18-9(5)16/h1,3,6-8,19-20H,4H2,(H3,16,17,18,21)/t6-,7+,8+,11-/m1/s1. The number of halogens is 3. The van der Waals surface area contributed by atoms with Gasteiger partial charge in [-0.05, 0) is 0 Å². The Morgan fingerprint density at radius 2 is 2.23 bits per heavy atom. The fraction of sp³-hybridized carbons (Fsp3) is 0.500. The third-order valence-electron chi connectivity index (χ3n) is 3.51. The number of ether oxygens (including phenoxy) is 1. The normalized spacial score (nSPS) is 31.9. The number of alkyl halides is 3. The molecule has 2 rings (SSSR count). The lowest BCUT2D eigenvalue weighted by atomic mass is 9.86. The van der Waals surface area contributed by atoms with E-state index in [-0.39, 0.29) is 5.56 Å². The maximum atomic E-state index is 13.3. The maximum Gasteiger partial charge on any atom is 0.397 e. The molecule has 0 amide bonds. The quantitative estimate of drug-likeness (QED) is 0.536. The Morgan fingerprint density at radius 1 is 1.59 bits per heavy atom. The molecule has 5 N–H and O–H groups in total. The minimum absolute atomic E-state index is 0.286. The van der Waals surface area contributed by atoms with Crippen LogP contribution < -0.4 is 11.4 Å². The number of nitrogens with zero attached hydrogens (tertiary/aromatic N) is 1. The van der Waals surface area contributed by atoms with Gasteiger partial charge in [-0.15, -0.1) is 6.42 Å². The van der Waals surface area contributed by atoms with E-state index >= 15 is 0 Å². The molecule has 0 saturated carbocycles. The molecule has 1 aromatic heterocycles. The van der Waals surface area contributed by atoms with E-state index in [4.69, 9.17) is 16.9 Å². The Hall–Kier alpha value is -2.09. The first kappa shape index (κ1) is 16.3. The minimum atomic E-state index is -4.89. The van der Waals surface area contributed by atoms with Crippen LogP contribution in [-0.2, 0) is 4.74 Å². The van der Waals surface area contributed by atoms with Gasteiger partial charge >= 0.3 is 11.9 Å². The van der Waals surface area contributed by atoms with E-state index in [2.05, 4.69) is 9.97 Å². The number of nitrogen functional groups attached to an aromatic ring is 1. The summed E-state index contributed by atoms with van der Waals surface area (Å²) >= 11 is 0. The van der Waals surface area contributed by atoms with Crippen LogP contribution in [0.4, 0.5) is 19.0 Å². The van der Waals surface area contributed by atoms with Gasteiger partial charge in [0.1, 0.15) is 23.9 Å². The summed E-state index contributed by atoms with van der Waals surface area (Å²) in [6.07, 6.45) is -2.90. The van der Waals surface area contributed by atoms with Crippen LogP contribution in [0.25, 0.3) is 0 Å². The van der Waals surface area contributed by atoms with Gasteiger partial charge in [0.15, 0.2) is 5.60 Å². The van der Waals surface area contributed by atoms with Gasteiger partial charge in [-0.2, -0.15) is 18.2 Å². The zero-order chi connectivity index (χ0) is 16.7. The highest BCUT2D eigenvalue weighted by atomic mass is 19.4. The molecule has 120 valence electrons. The summed E-state index contributed by atoms with van der Waals surface area (Å²) in [7, 11) is 0. The van der Waals surface area contributed by atoms with Gasteiger partial charge in [0.25, 0.3) is 0 Å². The summed E-state index contributed by atoms with van der Waals surface area (Å²) in [6, 6.07) is 0. The number of anilines is 1. The molecule has 0 radical (unpaired) electrons. The summed E-state index contributed by atoms with van der Waals surface area (Å²) in [6.45, 7) is -1.02. The molecule has 0 unspecified atom stereocenters. The number of aliphatic hydroxyl groups excluding tert-OH is 2. The van der Waals surface area contributed by atoms with Crippen LogP contribution in [0.3, 0.4) is 0 Å². The van der Waals surface area contributed by atoms with Gasteiger partial charge in [0.05, 0.1) is 6.61 Å². The van der Waals surface area contributed by atoms with Gasteiger partial charge in [0.2, 0.25) is 0 Å². The third-order valence-corrected chi connectivity index (χ3v) is 3.51.